The van der Waals surface area contributed by atoms with Gasteiger partial charge in [0.25, 0.3) is 0 Å². The van der Waals surface area contributed by atoms with Crippen molar-refractivity contribution in [2.75, 3.05) is 52.9 Å². The molecule has 0 unspecified atom stereocenters. The number of hydrogen-bond donors (Lipinski definition) is 1. The zero-order chi connectivity index (χ0) is 22.0. The monoisotopic (exact) mass is 439 g/mol. The van der Waals surface area contributed by atoms with Gasteiger partial charge in [-0.3, -0.25) is 0 Å². The molecule has 1 fully saturated rings. The van der Waals surface area contributed by atoms with Crippen LogP contribution in [0, 0.1) is 0 Å². The molecule has 1 aliphatic rings. The van der Waals surface area contributed by atoms with Gasteiger partial charge in [-0.1, -0.05) is 30.3 Å². The quantitative estimate of drug-likeness (QED) is 0.345. The summed E-state index contributed by atoms with van der Waals surface area (Å²) < 4.78 is 18.8. The lowest BCUT2D eigenvalue weighted by Crippen LogP contribution is -2.36. The Labute approximate surface area is 189 Å². The summed E-state index contributed by atoms with van der Waals surface area (Å²) in [4.78, 5) is 7.47. The zero-order valence-electron chi connectivity index (χ0n) is 18.6. The smallest absolute Gasteiger partial charge is 0.143 e. The fourth-order valence-electron chi connectivity index (χ4n) is 4.31. The van der Waals surface area contributed by atoms with Gasteiger partial charge in [-0.25, -0.2) is 4.98 Å². The third-order valence-corrected chi connectivity index (χ3v) is 5.98. The molecule has 0 amide bonds. The van der Waals surface area contributed by atoms with Crippen LogP contribution in [-0.4, -0.2) is 72.4 Å². The molecular formula is C25H33N3O4. The van der Waals surface area contributed by atoms with Crippen molar-refractivity contribution in [2.24, 2.45) is 0 Å². The molecule has 2 heterocycles. The highest BCUT2D eigenvalue weighted by molar-refractivity contribution is 5.76. The molecule has 0 radical (unpaired) electrons. The van der Waals surface area contributed by atoms with Crippen LogP contribution in [0.2, 0.25) is 0 Å². The Morgan fingerprint density at radius 1 is 0.844 bits per heavy atom. The summed E-state index contributed by atoms with van der Waals surface area (Å²) >= 11 is 0. The minimum atomic E-state index is -0.250. The highest BCUT2D eigenvalue weighted by Crippen LogP contribution is 2.30. The molecule has 0 saturated carbocycles. The number of likely N-dealkylation sites (tertiary alicyclic amines) is 1. The van der Waals surface area contributed by atoms with Gasteiger partial charge in [0.2, 0.25) is 0 Å². The lowest BCUT2D eigenvalue weighted by atomic mass is 9.96. The van der Waals surface area contributed by atoms with Crippen LogP contribution in [0.25, 0.3) is 11.0 Å². The molecule has 0 spiro atoms. The maximum absolute atomic E-state index is 8.61. The van der Waals surface area contributed by atoms with Crippen molar-refractivity contribution < 1.29 is 19.3 Å². The van der Waals surface area contributed by atoms with Gasteiger partial charge in [-0.05, 0) is 50.2 Å². The second-order valence-electron chi connectivity index (χ2n) is 8.04. The van der Waals surface area contributed by atoms with Crippen molar-refractivity contribution in [3.05, 3.63) is 60.4 Å². The summed E-state index contributed by atoms with van der Waals surface area (Å²) in [5, 5.41) is 8.61. The van der Waals surface area contributed by atoms with E-state index < -0.39 is 0 Å². The Morgan fingerprint density at radius 3 is 2.41 bits per heavy atom. The normalized spacial score (nSPS) is 15.4. The summed E-state index contributed by atoms with van der Waals surface area (Å²) in [5.74, 6) is 2.53. The van der Waals surface area contributed by atoms with Gasteiger partial charge < -0.3 is 28.8 Å². The Balaban J connectivity index is 1.33. The van der Waals surface area contributed by atoms with E-state index in [4.69, 9.17) is 24.3 Å². The largest absolute Gasteiger partial charge is 0.492 e. The van der Waals surface area contributed by atoms with E-state index in [-0.39, 0.29) is 6.79 Å². The highest BCUT2D eigenvalue weighted by atomic mass is 16.6. The Kier molecular flexibility index (Phi) is 8.50. The van der Waals surface area contributed by atoms with E-state index in [9.17, 15) is 0 Å². The summed E-state index contributed by atoms with van der Waals surface area (Å²) in [7, 11) is 0. The number of hydrogen-bond acceptors (Lipinski definition) is 6. The van der Waals surface area contributed by atoms with E-state index >= 15 is 0 Å². The molecule has 1 N–H and O–H groups in total. The van der Waals surface area contributed by atoms with Gasteiger partial charge in [0.1, 0.15) is 25.0 Å². The number of aromatic nitrogens is 2. The van der Waals surface area contributed by atoms with Crippen molar-refractivity contribution >= 4 is 11.0 Å². The van der Waals surface area contributed by atoms with Gasteiger partial charge in [0.05, 0.1) is 37.4 Å². The molecule has 7 nitrogen and oxygen atoms in total. The lowest BCUT2D eigenvalue weighted by molar-refractivity contribution is -0.0315. The number of rotatable bonds is 12. The van der Waals surface area contributed by atoms with E-state index in [0.29, 0.717) is 32.3 Å². The third kappa shape index (κ3) is 6.07. The fraction of sp³-hybridized carbons (Fsp3) is 0.480. The average molecular weight is 440 g/mol. The van der Waals surface area contributed by atoms with E-state index in [2.05, 4.69) is 33.7 Å². The molecule has 0 bridgehead atoms. The predicted molar refractivity (Wildman–Crippen MR) is 124 cm³/mol. The van der Waals surface area contributed by atoms with Crippen LogP contribution in [-0.2, 0) is 16.0 Å². The molecular weight excluding hydrogens is 406 g/mol. The molecule has 0 aliphatic carbocycles. The number of aliphatic hydroxyl groups is 1. The second-order valence-corrected chi connectivity index (χ2v) is 8.04. The third-order valence-electron chi connectivity index (χ3n) is 5.98. The van der Waals surface area contributed by atoms with E-state index in [1.807, 2.05) is 30.3 Å². The molecule has 32 heavy (non-hydrogen) atoms. The maximum Gasteiger partial charge on any atom is 0.143 e. The minimum Gasteiger partial charge on any atom is -0.492 e. The first-order chi connectivity index (χ1) is 15.8. The van der Waals surface area contributed by atoms with Crippen molar-refractivity contribution in [2.45, 2.75) is 25.3 Å². The summed E-state index contributed by atoms with van der Waals surface area (Å²) in [6.45, 7) is 5.81. The lowest BCUT2D eigenvalue weighted by Gasteiger charge is -2.31. The summed E-state index contributed by atoms with van der Waals surface area (Å²) in [5.41, 5.74) is 2.24. The molecule has 1 aromatic heterocycles. The number of fused-ring (bicyclic) bond motifs is 1. The standard InChI is InChI=1S/C25H33N3O4/c29-20-31-19-18-30-16-14-27-12-10-21(11-13-27)25-26-23-8-4-5-9-24(23)28(25)15-17-32-22-6-2-1-3-7-22/h1-9,21,29H,10-20H2. The zero-order valence-corrected chi connectivity index (χ0v) is 18.6. The SMILES string of the molecule is OCOCCOCCN1CCC(c2nc3ccccc3n2CCOc2ccccc2)CC1. The number of para-hydroxylation sites is 3. The summed E-state index contributed by atoms with van der Waals surface area (Å²) in [6, 6.07) is 18.4. The van der Waals surface area contributed by atoms with E-state index in [1.54, 1.807) is 0 Å². The van der Waals surface area contributed by atoms with Crippen molar-refractivity contribution in [1.29, 1.82) is 0 Å². The number of nitrogens with zero attached hydrogens (tertiary/aromatic N) is 3. The Bertz CT molecular complexity index is 939. The van der Waals surface area contributed by atoms with Crippen LogP contribution < -0.4 is 4.74 Å². The van der Waals surface area contributed by atoms with Gasteiger partial charge in [0.15, 0.2) is 0 Å². The second kappa shape index (κ2) is 12.0. The molecule has 3 aromatic rings. The first-order valence-corrected chi connectivity index (χ1v) is 11.5. The molecule has 4 rings (SSSR count). The molecule has 0 atom stereocenters. The number of imidazole rings is 1. The first-order valence-electron chi connectivity index (χ1n) is 11.5. The minimum absolute atomic E-state index is 0.250. The first kappa shape index (κ1) is 22.7. The topological polar surface area (TPSA) is 69.0 Å². The number of benzene rings is 2. The number of piperidine rings is 1. The van der Waals surface area contributed by atoms with Crippen molar-refractivity contribution in [3.8, 4) is 5.75 Å². The van der Waals surface area contributed by atoms with Crippen LogP contribution in [0.3, 0.4) is 0 Å². The molecule has 1 saturated heterocycles. The van der Waals surface area contributed by atoms with Crippen LogP contribution in [0.15, 0.2) is 54.6 Å². The summed E-state index contributed by atoms with van der Waals surface area (Å²) in [6.07, 6.45) is 2.19. The maximum atomic E-state index is 8.61. The number of aliphatic hydroxyl groups excluding tert-OH is 1. The van der Waals surface area contributed by atoms with Crippen molar-refractivity contribution in [3.63, 3.8) is 0 Å². The van der Waals surface area contributed by atoms with Crippen LogP contribution in [0.5, 0.6) is 5.75 Å². The van der Waals surface area contributed by atoms with Gasteiger partial charge in [-0.2, -0.15) is 0 Å². The average Bonchev–Trinajstić information content (AvgIpc) is 3.21. The van der Waals surface area contributed by atoms with Gasteiger partial charge >= 0.3 is 0 Å². The van der Waals surface area contributed by atoms with E-state index in [0.717, 1.165) is 50.3 Å². The van der Waals surface area contributed by atoms with Gasteiger partial charge in [0, 0.05) is 12.5 Å². The van der Waals surface area contributed by atoms with E-state index in [1.165, 1.54) is 11.3 Å². The predicted octanol–water partition coefficient (Wildman–Crippen LogP) is 3.28. The molecule has 2 aromatic carbocycles. The highest BCUT2D eigenvalue weighted by Gasteiger charge is 2.25. The van der Waals surface area contributed by atoms with Crippen molar-refractivity contribution in [1.82, 2.24) is 14.5 Å². The van der Waals surface area contributed by atoms with Crippen LogP contribution in [0.1, 0.15) is 24.6 Å². The van der Waals surface area contributed by atoms with Crippen LogP contribution >= 0.6 is 0 Å². The fourth-order valence-corrected chi connectivity index (χ4v) is 4.31. The number of ether oxygens (including phenoxy) is 3. The molecule has 172 valence electrons. The molecule has 7 heteroatoms. The Morgan fingerprint density at radius 2 is 1.59 bits per heavy atom. The van der Waals surface area contributed by atoms with Crippen LogP contribution in [0.4, 0.5) is 0 Å². The molecule has 1 aliphatic heterocycles. The Hall–Kier alpha value is -2.45. The van der Waals surface area contributed by atoms with Gasteiger partial charge in [-0.15, -0.1) is 0 Å².